The van der Waals surface area contributed by atoms with Gasteiger partial charge in [-0.2, -0.15) is 5.26 Å². The Balaban J connectivity index is 3.96. The van der Waals surface area contributed by atoms with Gasteiger partial charge in [-0.1, -0.05) is 0 Å². The summed E-state index contributed by atoms with van der Waals surface area (Å²) in [4.78, 5) is 10.6. The van der Waals surface area contributed by atoms with Gasteiger partial charge < -0.3 is 10.8 Å². The van der Waals surface area contributed by atoms with Crippen LogP contribution in [0.3, 0.4) is 0 Å². The van der Waals surface area contributed by atoms with Crippen LogP contribution >= 0.6 is 0 Å². The van der Waals surface area contributed by atoms with Crippen LogP contribution in [0, 0.1) is 11.3 Å². The monoisotopic (exact) mass is 185 g/mol. The summed E-state index contributed by atoms with van der Waals surface area (Å²) in [6.07, 6.45) is 1.10. The van der Waals surface area contributed by atoms with Crippen molar-refractivity contribution in [3.8, 4) is 6.07 Å². The van der Waals surface area contributed by atoms with Crippen LogP contribution in [0.1, 0.15) is 19.8 Å². The Morgan fingerprint density at radius 1 is 1.77 bits per heavy atom. The van der Waals surface area contributed by atoms with Gasteiger partial charge in [0.25, 0.3) is 0 Å². The molecule has 4 N–H and O–H groups in total. The highest BCUT2D eigenvalue weighted by molar-refractivity contribution is 5.73. The van der Waals surface area contributed by atoms with E-state index in [1.165, 1.54) is 0 Å². The highest BCUT2D eigenvalue weighted by Crippen LogP contribution is 1.97. The van der Waals surface area contributed by atoms with Gasteiger partial charge in [-0.05, 0) is 26.3 Å². The van der Waals surface area contributed by atoms with E-state index >= 15 is 0 Å². The first-order chi connectivity index (χ1) is 6.11. The van der Waals surface area contributed by atoms with Crippen LogP contribution in [-0.2, 0) is 4.79 Å². The fourth-order valence-electron chi connectivity index (χ4n) is 0.939. The van der Waals surface area contributed by atoms with Crippen molar-refractivity contribution in [3.63, 3.8) is 0 Å². The average molecular weight is 185 g/mol. The number of nitrogens with one attached hydrogen (secondary N) is 1. The van der Waals surface area contributed by atoms with Crippen molar-refractivity contribution in [2.45, 2.75) is 31.8 Å². The number of carboxylic acid groups (broad SMARTS) is 1. The van der Waals surface area contributed by atoms with E-state index in [0.29, 0.717) is 19.4 Å². The van der Waals surface area contributed by atoms with Crippen molar-refractivity contribution in [1.82, 2.24) is 5.32 Å². The topological polar surface area (TPSA) is 99.1 Å². The molecule has 0 aliphatic carbocycles. The largest absolute Gasteiger partial charge is 0.480 e. The summed E-state index contributed by atoms with van der Waals surface area (Å²) in [6, 6.07) is 0.807. The lowest BCUT2D eigenvalue weighted by molar-refractivity contribution is -0.139. The number of nitrogens with two attached hydrogens (primary N) is 1. The van der Waals surface area contributed by atoms with Crippen LogP contribution in [0.4, 0.5) is 0 Å². The maximum Gasteiger partial charge on any atom is 0.320 e. The van der Waals surface area contributed by atoms with Crippen LogP contribution < -0.4 is 11.1 Å². The molecule has 5 heteroatoms. The van der Waals surface area contributed by atoms with Crippen molar-refractivity contribution in [2.24, 2.45) is 5.73 Å². The fourth-order valence-corrected chi connectivity index (χ4v) is 0.939. The van der Waals surface area contributed by atoms with E-state index in [-0.39, 0.29) is 0 Å². The number of aliphatic carboxylic acids is 1. The van der Waals surface area contributed by atoms with Gasteiger partial charge >= 0.3 is 5.97 Å². The normalized spacial score (nSPS) is 14.5. The Hall–Kier alpha value is -1.12. The highest BCUT2D eigenvalue weighted by atomic mass is 16.4. The summed E-state index contributed by atoms with van der Waals surface area (Å²) in [5, 5.41) is 19.9. The van der Waals surface area contributed by atoms with Crippen molar-refractivity contribution < 1.29 is 9.90 Å². The number of nitriles is 1. The third-order valence-electron chi connectivity index (χ3n) is 1.64. The Kier molecular flexibility index (Phi) is 5.85. The molecule has 0 aliphatic heterocycles. The minimum atomic E-state index is -0.935. The van der Waals surface area contributed by atoms with Gasteiger partial charge in [-0.25, -0.2) is 0 Å². The minimum absolute atomic E-state index is 0.445. The predicted molar refractivity (Wildman–Crippen MR) is 47.9 cm³/mol. The Morgan fingerprint density at radius 2 is 2.38 bits per heavy atom. The lowest BCUT2D eigenvalue weighted by Gasteiger charge is -2.14. The molecule has 13 heavy (non-hydrogen) atoms. The second-order valence-corrected chi connectivity index (χ2v) is 2.84. The maximum atomic E-state index is 10.6. The minimum Gasteiger partial charge on any atom is -0.480 e. The van der Waals surface area contributed by atoms with E-state index in [2.05, 4.69) is 5.32 Å². The molecule has 0 aromatic heterocycles. The number of rotatable bonds is 6. The molecule has 0 bridgehead atoms. The summed E-state index contributed by atoms with van der Waals surface area (Å²) in [6.45, 7) is 2.09. The van der Waals surface area contributed by atoms with Gasteiger partial charge in [0.2, 0.25) is 0 Å². The maximum absolute atomic E-state index is 10.6. The first-order valence-electron chi connectivity index (χ1n) is 4.20. The zero-order valence-electron chi connectivity index (χ0n) is 7.66. The Labute approximate surface area is 77.5 Å². The van der Waals surface area contributed by atoms with E-state index in [1.54, 1.807) is 6.92 Å². The van der Waals surface area contributed by atoms with Gasteiger partial charge in [0.1, 0.15) is 6.04 Å². The molecule has 0 fully saturated rings. The summed E-state index contributed by atoms with van der Waals surface area (Å²) in [5.74, 6) is -0.935. The Morgan fingerprint density at radius 3 is 2.77 bits per heavy atom. The lowest BCUT2D eigenvalue weighted by Crippen LogP contribution is -2.41. The van der Waals surface area contributed by atoms with E-state index in [1.807, 2.05) is 6.07 Å². The molecule has 2 atom stereocenters. The SMILES string of the molecule is CC(C#N)NC(CCCN)C(=O)O. The summed E-state index contributed by atoms with van der Waals surface area (Å²) < 4.78 is 0. The molecular weight excluding hydrogens is 170 g/mol. The standard InChI is InChI=1S/C8H15N3O2/c1-6(5-10)11-7(8(12)13)3-2-4-9/h6-7,11H,2-4,9H2,1H3,(H,12,13). The molecule has 0 radical (unpaired) electrons. The number of carboxylic acids is 1. The number of hydrogen-bond acceptors (Lipinski definition) is 4. The first-order valence-corrected chi connectivity index (χ1v) is 4.20. The summed E-state index contributed by atoms with van der Waals surface area (Å²) >= 11 is 0. The molecule has 0 spiro atoms. The average Bonchev–Trinajstić information content (AvgIpc) is 2.11. The quantitative estimate of drug-likeness (QED) is 0.526. The third-order valence-corrected chi connectivity index (χ3v) is 1.64. The molecule has 0 heterocycles. The van der Waals surface area contributed by atoms with Crippen LogP contribution in [0.2, 0.25) is 0 Å². The van der Waals surface area contributed by atoms with Gasteiger partial charge in [0, 0.05) is 0 Å². The van der Waals surface area contributed by atoms with Gasteiger partial charge in [0.05, 0.1) is 12.1 Å². The Bertz CT molecular complexity index is 200. The van der Waals surface area contributed by atoms with E-state index in [0.717, 1.165) is 0 Å². The van der Waals surface area contributed by atoms with Gasteiger partial charge in [-0.15, -0.1) is 0 Å². The molecule has 0 amide bonds. The molecule has 0 saturated carbocycles. The number of nitrogens with zero attached hydrogens (tertiary/aromatic N) is 1. The zero-order valence-corrected chi connectivity index (χ0v) is 7.66. The number of carbonyl (C=O) groups is 1. The molecule has 0 aromatic carbocycles. The first kappa shape index (κ1) is 11.9. The predicted octanol–water partition coefficient (Wildman–Crippen LogP) is -0.320. The van der Waals surface area contributed by atoms with E-state index in [4.69, 9.17) is 16.1 Å². The molecule has 2 unspecified atom stereocenters. The molecule has 74 valence electrons. The fraction of sp³-hybridized carbons (Fsp3) is 0.750. The molecule has 0 aromatic rings. The highest BCUT2D eigenvalue weighted by Gasteiger charge is 2.18. The van der Waals surface area contributed by atoms with Gasteiger partial charge in [-0.3, -0.25) is 10.1 Å². The second kappa shape index (κ2) is 6.40. The third kappa shape index (κ3) is 5.17. The molecular formula is C8H15N3O2. The van der Waals surface area contributed by atoms with Crippen LogP contribution in [0.25, 0.3) is 0 Å². The van der Waals surface area contributed by atoms with Crippen molar-refractivity contribution in [1.29, 1.82) is 5.26 Å². The smallest absolute Gasteiger partial charge is 0.320 e. The van der Waals surface area contributed by atoms with E-state index < -0.39 is 18.1 Å². The number of hydrogen-bond donors (Lipinski definition) is 3. The molecule has 0 aliphatic rings. The van der Waals surface area contributed by atoms with Crippen LogP contribution in [-0.4, -0.2) is 29.7 Å². The zero-order chi connectivity index (χ0) is 10.3. The van der Waals surface area contributed by atoms with Crippen molar-refractivity contribution in [3.05, 3.63) is 0 Å². The summed E-state index contributed by atoms with van der Waals surface area (Å²) in [7, 11) is 0. The van der Waals surface area contributed by atoms with Crippen LogP contribution in [0.5, 0.6) is 0 Å². The lowest BCUT2D eigenvalue weighted by atomic mass is 10.1. The molecule has 5 nitrogen and oxygen atoms in total. The van der Waals surface area contributed by atoms with Gasteiger partial charge in [0.15, 0.2) is 0 Å². The van der Waals surface area contributed by atoms with Crippen LogP contribution in [0.15, 0.2) is 0 Å². The van der Waals surface area contributed by atoms with Crippen molar-refractivity contribution >= 4 is 5.97 Å². The molecule has 0 rings (SSSR count). The van der Waals surface area contributed by atoms with Crippen molar-refractivity contribution in [2.75, 3.05) is 6.54 Å². The summed E-state index contributed by atoms with van der Waals surface area (Å²) in [5.41, 5.74) is 5.25. The second-order valence-electron chi connectivity index (χ2n) is 2.84. The van der Waals surface area contributed by atoms with E-state index in [9.17, 15) is 4.79 Å². The molecule has 0 saturated heterocycles.